The number of fused-ring (bicyclic) bond motifs is 1. The van der Waals surface area contributed by atoms with Crippen LogP contribution in [0.1, 0.15) is 34.6 Å². The lowest BCUT2D eigenvalue weighted by molar-refractivity contribution is 0.0846. The van der Waals surface area contributed by atoms with Gasteiger partial charge in [0.25, 0.3) is 0 Å². The molecule has 0 aliphatic carbocycles. The van der Waals surface area contributed by atoms with Crippen LogP contribution in [0.15, 0.2) is 36.5 Å². The van der Waals surface area contributed by atoms with Crippen LogP contribution in [0.5, 0.6) is 0 Å². The highest BCUT2D eigenvalue weighted by Crippen LogP contribution is 2.28. The van der Waals surface area contributed by atoms with Gasteiger partial charge in [0.05, 0.1) is 6.04 Å². The molecule has 1 aliphatic heterocycles. The average Bonchev–Trinajstić information content (AvgIpc) is 3.32. The molecule has 0 saturated carbocycles. The Labute approximate surface area is 151 Å². The standard InChI is InChI=1S/C20H21N3O3/c1-12-5-6-13(2)23(12)14-7-8-17-15(10-14)16(11-21-17)19(24)18-4-3-9-22(18)20(25)26/h5-8,10-11,18,21H,3-4,9H2,1-2H3,(H,25,26)/t18-/m1/s1. The van der Waals surface area contributed by atoms with E-state index in [0.29, 0.717) is 18.5 Å². The van der Waals surface area contributed by atoms with Crippen LogP contribution in [-0.2, 0) is 0 Å². The van der Waals surface area contributed by atoms with Gasteiger partial charge in [-0.15, -0.1) is 0 Å². The highest BCUT2D eigenvalue weighted by Gasteiger charge is 2.35. The zero-order chi connectivity index (χ0) is 18.4. The quantitative estimate of drug-likeness (QED) is 0.703. The number of hydrogen-bond acceptors (Lipinski definition) is 2. The molecule has 1 aromatic carbocycles. The van der Waals surface area contributed by atoms with E-state index in [1.807, 2.05) is 32.0 Å². The van der Waals surface area contributed by atoms with Crippen molar-refractivity contribution in [1.82, 2.24) is 14.5 Å². The summed E-state index contributed by atoms with van der Waals surface area (Å²) in [5.41, 5.74) is 4.67. The predicted octanol–water partition coefficient (Wildman–Crippen LogP) is 3.90. The minimum atomic E-state index is -1.03. The summed E-state index contributed by atoms with van der Waals surface area (Å²) in [6.45, 7) is 4.51. The second kappa shape index (κ2) is 6.05. The molecule has 134 valence electrons. The number of aromatic nitrogens is 2. The van der Waals surface area contributed by atoms with Crippen LogP contribution in [0.4, 0.5) is 4.79 Å². The number of aromatic amines is 1. The van der Waals surface area contributed by atoms with Crippen LogP contribution < -0.4 is 0 Å². The maximum atomic E-state index is 13.0. The lowest BCUT2D eigenvalue weighted by Gasteiger charge is -2.20. The van der Waals surface area contributed by atoms with Crippen LogP contribution in [0.3, 0.4) is 0 Å². The molecule has 1 amide bonds. The van der Waals surface area contributed by atoms with Gasteiger partial charge >= 0.3 is 6.09 Å². The number of nitrogens with zero attached hydrogens (tertiary/aromatic N) is 2. The molecular weight excluding hydrogens is 330 g/mol. The summed E-state index contributed by atoms with van der Waals surface area (Å²) in [5, 5.41) is 10.2. The van der Waals surface area contributed by atoms with E-state index in [1.165, 1.54) is 4.90 Å². The monoisotopic (exact) mass is 351 g/mol. The van der Waals surface area contributed by atoms with Crippen molar-refractivity contribution in [2.24, 2.45) is 0 Å². The van der Waals surface area contributed by atoms with E-state index < -0.39 is 12.1 Å². The first-order valence-electron chi connectivity index (χ1n) is 8.77. The van der Waals surface area contributed by atoms with E-state index in [-0.39, 0.29) is 5.78 Å². The van der Waals surface area contributed by atoms with E-state index in [1.54, 1.807) is 6.20 Å². The first kappa shape index (κ1) is 16.4. The Balaban J connectivity index is 1.78. The van der Waals surface area contributed by atoms with Gasteiger partial charge in [-0.05, 0) is 57.0 Å². The Kier molecular flexibility index (Phi) is 3.83. The molecule has 6 nitrogen and oxygen atoms in total. The number of carbonyl (C=O) groups excluding carboxylic acids is 1. The Bertz CT molecular complexity index is 995. The van der Waals surface area contributed by atoms with Crippen LogP contribution in [0, 0.1) is 13.8 Å². The number of carboxylic acid groups (broad SMARTS) is 1. The molecule has 2 aromatic heterocycles. The largest absolute Gasteiger partial charge is 0.465 e. The van der Waals surface area contributed by atoms with Gasteiger partial charge in [0.15, 0.2) is 5.78 Å². The molecule has 2 N–H and O–H groups in total. The first-order valence-corrected chi connectivity index (χ1v) is 8.77. The van der Waals surface area contributed by atoms with E-state index >= 15 is 0 Å². The Hall–Kier alpha value is -3.02. The number of ketones is 1. The van der Waals surface area contributed by atoms with E-state index in [0.717, 1.165) is 34.4 Å². The van der Waals surface area contributed by atoms with Gasteiger partial charge in [0, 0.05) is 46.3 Å². The van der Waals surface area contributed by atoms with Crippen LogP contribution >= 0.6 is 0 Å². The molecule has 6 heteroatoms. The summed E-state index contributed by atoms with van der Waals surface area (Å²) >= 11 is 0. The number of likely N-dealkylation sites (tertiary alicyclic amines) is 1. The molecule has 0 radical (unpaired) electrons. The summed E-state index contributed by atoms with van der Waals surface area (Å²) in [4.78, 5) is 28.8. The van der Waals surface area contributed by atoms with Crippen LogP contribution in [0.2, 0.25) is 0 Å². The number of aryl methyl sites for hydroxylation is 2. The van der Waals surface area contributed by atoms with Crippen LogP contribution in [0.25, 0.3) is 16.6 Å². The van der Waals surface area contributed by atoms with Gasteiger partial charge in [0.2, 0.25) is 0 Å². The number of rotatable bonds is 3. The van der Waals surface area contributed by atoms with Gasteiger partial charge in [-0.25, -0.2) is 4.79 Å². The SMILES string of the molecule is Cc1ccc(C)n1-c1ccc2[nH]cc(C(=O)[C@H]3CCCN3C(=O)O)c2c1. The van der Waals surface area contributed by atoms with Gasteiger partial charge in [-0.2, -0.15) is 0 Å². The summed E-state index contributed by atoms with van der Waals surface area (Å²) in [6.07, 6.45) is 1.97. The maximum Gasteiger partial charge on any atom is 0.407 e. The van der Waals surface area contributed by atoms with Crippen LogP contribution in [-0.4, -0.2) is 44.0 Å². The first-order chi connectivity index (χ1) is 12.5. The third-order valence-corrected chi connectivity index (χ3v) is 5.26. The minimum absolute atomic E-state index is 0.130. The lowest BCUT2D eigenvalue weighted by atomic mass is 10.0. The zero-order valence-electron chi connectivity index (χ0n) is 14.8. The van der Waals surface area contributed by atoms with Gasteiger partial charge in [-0.1, -0.05) is 0 Å². The van der Waals surface area contributed by atoms with Gasteiger partial charge in [0.1, 0.15) is 0 Å². The number of H-pyrrole nitrogens is 1. The average molecular weight is 351 g/mol. The third-order valence-electron chi connectivity index (χ3n) is 5.26. The second-order valence-corrected chi connectivity index (χ2v) is 6.88. The van der Waals surface area contributed by atoms with E-state index in [9.17, 15) is 14.7 Å². The molecule has 26 heavy (non-hydrogen) atoms. The highest BCUT2D eigenvalue weighted by atomic mass is 16.4. The fraction of sp³-hybridized carbons (Fsp3) is 0.300. The Morgan fingerprint density at radius 3 is 2.58 bits per heavy atom. The maximum absolute atomic E-state index is 13.0. The van der Waals surface area contributed by atoms with Crippen molar-refractivity contribution in [2.75, 3.05) is 6.54 Å². The molecule has 3 heterocycles. The Morgan fingerprint density at radius 2 is 1.88 bits per heavy atom. The number of benzene rings is 1. The number of hydrogen-bond donors (Lipinski definition) is 2. The van der Waals surface area contributed by atoms with Gasteiger partial charge < -0.3 is 14.7 Å². The number of carbonyl (C=O) groups is 2. The number of amides is 1. The lowest BCUT2D eigenvalue weighted by Crippen LogP contribution is -2.39. The fourth-order valence-electron chi connectivity index (χ4n) is 3.98. The minimum Gasteiger partial charge on any atom is -0.465 e. The van der Waals surface area contributed by atoms with Gasteiger partial charge in [-0.3, -0.25) is 9.69 Å². The molecule has 0 unspecified atom stereocenters. The molecule has 4 rings (SSSR count). The topological polar surface area (TPSA) is 78.3 Å². The van der Waals surface area contributed by atoms with E-state index in [4.69, 9.17) is 0 Å². The highest BCUT2D eigenvalue weighted by molar-refractivity contribution is 6.11. The van der Waals surface area contributed by atoms with Crippen molar-refractivity contribution in [2.45, 2.75) is 32.7 Å². The summed E-state index contributed by atoms with van der Waals surface area (Å²) in [7, 11) is 0. The van der Waals surface area contributed by atoms with Crippen molar-refractivity contribution in [1.29, 1.82) is 0 Å². The molecule has 1 atom stereocenters. The normalized spacial score (nSPS) is 17.2. The van der Waals surface area contributed by atoms with Crippen molar-refractivity contribution < 1.29 is 14.7 Å². The molecule has 1 fully saturated rings. The Morgan fingerprint density at radius 1 is 1.15 bits per heavy atom. The predicted molar refractivity (Wildman–Crippen MR) is 99.2 cm³/mol. The molecule has 1 aliphatic rings. The summed E-state index contributed by atoms with van der Waals surface area (Å²) < 4.78 is 2.14. The van der Waals surface area contributed by atoms with Crippen molar-refractivity contribution >= 4 is 22.8 Å². The number of Topliss-reactive ketones (excluding diaryl/α,β-unsaturated/α-hetero) is 1. The number of nitrogens with one attached hydrogen (secondary N) is 1. The molecule has 3 aromatic rings. The fourth-order valence-corrected chi connectivity index (χ4v) is 3.98. The molecule has 0 bridgehead atoms. The van der Waals surface area contributed by atoms with E-state index in [2.05, 4.69) is 21.7 Å². The molecular formula is C20H21N3O3. The molecule has 1 saturated heterocycles. The van der Waals surface area contributed by atoms with Crippen molar-refractivity contribution in [3.8, 4) is 5.69 Å². The summed E-state index contributed by atoms with van der Waals surface area (Å²) in [6, 6.07) is 9.51. The zero-order valence-corrected chi connectivity index (χ0v) is 14.8. The third kappa shape index (κ3) is 2.49. The summed E-state index contributed by atoms with van der Waals surface area (Å²) in [5.74, 6) is -0.130. The smallest absolute Gasteiger partial charge is 0.407 e. The second-order valence-electron chi connectivity index (χ2n) is 6.88. The van der Waals surface area contributed by atoms with Crippen molar-refractivity contribution in [3.05, 3.63) is 53.5 Å². The van der Waals surface area contributed by atoms with Crippen molar-refractivity contribution in [3.63, 3.8) is 0 Å². The molecule has 0 spiro atoms.